The number of carbonyl (C=O) groups excluding carboxylic acids is 2. The Kier molecular flexibility index (Phi) is 3.08. The topological polar surface area (TPSA) is 96.6 Å². The normalized spacial score (nSPS) is 17.4. The van der Waals surface area contributed by atoms with Crippen LogP contribution in [0.25, 0.3) is 0 Å². The molecule has 98 valence electrons. The smallest absolute Gasteiger partial charge is 0.327 e. The van der Waals surface area contributed by atoms with E-state index in [1.165, 1.54) is 0 Å². The Morgan fingerprint density at radius 2 is 1.79 bits per heavy atom. The van der Waals surface area contributed by atoms with Crippen LogP contribution in [0.3, 0.4) is 0 Å². The van der Waals surface area contributed by atoms with Gasteiger partial charge in [0.2, 0.25) is 0 Å². The summed E-state index contributed by atoms with van der Waals surface area (Å²) >= 11 is 0. The average Bonchev–Trinajstić information content (AvgIpc) is 2.32. The number of urea groups is 1. The zero-order valence-corrected chi connectivity index (χ0v) is 10.7. The molecule has 0 aliphatic carbocycles. The summed E-state index contributed by atoms with van der Waals surface area (Å²) in [5.74, 6) is -0.450. The van der Waals surface area contributed by atoms with Gasteiger partial charge in [0.1, 0.15) is 5.84 Å². The number of imide groups is 1. The molecule has 1 fully saturated rings. The summed E-state index contributed by atoms with van der Waals surface area (Å²) in [7, 11) is 0. The third-order valence-electron chi connectivity index (χ3n) is 2.89. The molecule has 1 saturated heterocycles. The number of rotatable bonds is 1. The molecule has 19 heavy (non-hydrogen) atoms. The molecule has 0 unspecified atom stereocenters. The number of carbonyl (C=O) groups is 2. The highest BCUT2D eigenvalue weighted by Gasteiger charge is 2.24. The lowest BCUT2D eigenvalue weighted by molar-refractivity contribution is -0.116. The van der Waals surface area contributed by atoms with Gasteiger partial charge in [-0.1, -0.05) is 6.58 Å². The van der Waals surface area contributed by atoms with E-state index in [2.05, 4.69) is 22.2 Å². The number of anilines is 1. The Balaban J connectivity index is 2.45. The van der Waals surface area contributed by atoms with Gasteiger partial charge in [0.25, 0.3) is 5.91 Å². The Bertz CT molecular complexity index is 632. The van der Waals surface area contributed by atoms with E-state index in [-0.39, 0.29) is 11.4 Å². The van der Waals surface area contributed by atoms with Crippen LogP contribution in [-0.4, -0.2) is 17.8 Å². The summed E-state index contributed by atoms with van der Waals surface area (Å²) in [5, 5.41) is 4.51. The molecule has 2 rings (SSSR count). The minimum Gasteiger partial charge on any atom is -0.397 e. The van der Waals surface area contributed by atoms with Gasteiger partial charge in [-0.3, -0.25) is 15.4 Å². The number of aryl methyl sites for hydroxylation is 2. The lowest BCUT2D eigenvalue weighted by atomic mass is 10.1. The Morgan fingerprint density at radius 1 is 1.16 bits per heavy atom. The molecule has 3 amide bonds. The van der Waals surface area contributed by atoms with Crippen LogP contribution >= 0.6 is 0 Å². The molecule has 1 heterocycles. The van der Waals surface area contributed by atoms with E-state index in [1.807, 2.05) is 13.8 Å². The predicted octanol–water partition coefficient (Wildman–Crippen LogP) is 1.31. The van der Waals surface area contributed by atoms with Crippen LogP contribution < -0.4 is 16.4 Å². The maximum Gasteiger partial charge on any atom is 0.327 e. The van der Waals surface area contributed by atoms with Gasteiger partial charge in [-0.05, 0) is 37.1 Å². The van der Waals surface area contributed by atoms with Gasteiger partial charge in [-0.2, -0.15) is 0 Å². The first-order valence-corrected chi connectivity index (χ1v) is 5.65. The summed E-state index contributed by atoms with van der Waals surface area (Å²) in [6.07, 6.45) is 0. The van der Waals surface area contributed by atoms with Crippen LogP contribution in [-0.2, 0) is 4.79 Å². The number of hydrogen-bond donors (Lipinski definition) is 3. The summed E-state index contributed by atoms with van der Waals surface area (Å²) in [6.45, 7) is 7.45. The lowest BCUT2D eigenvalue weighted by Crippen LogP contribution is -2.51. The highest BCUT2D eigenvalue weighted by molar-refractivity contribution is 6.30. The fourth-order valence-electron chi connectivity index (χ4n) is 1.64. The zero-order valence-electron chi connectivity index (χ0n) is 10.7. The SMILES string of the molecule is C=C1C(=O)NC(=O)N/C1=N/c1cc(C)c(C)cc1N. The van der Waals surface area contributed by atoms with E-state index in [4.69, 9.17) is 5.73 Å². The molecule has 0 bridgehead atoms. The molecule has 1 aliphatic rings. The molecule has 6 nitrogen and oxygen atoms in total. The molecular weight excluding hydrogens is 244 g/mol. The van der Waals surface area contributed by atoms with Crippen molar-refractivity contribution in [2.24, 2.45) is 4.99 Å². The van der Waals surface area contributed by atoms with E-state index in [9.17, 15) is 9.59 Å². The monoisotopic (exact) mass is 258 g/mol. The molecule has 1 aromatic carbocycles. The standard InChI is InChI=1S/C13H14N4O2/c1-6-4-9(14)10(5-7(6)2)15-11-8(3)12(18)17-13(19)16-11/h4-5H,3,14H2,1-2H3,(H2,15,16,17,18,19). The van der Waals surface area contributed by atoms with Crippen molar-refractivity contribution in [3.8, 4) is 0 Å². The van der Waals surface area contributed by atoms with Crippen LogP contribution in [0.2, 0.25) is 0 Å². The van der Waals surface area contributed by atoms with E-state index in [1.54, 1.807) is 12.1 Å². The Hall–Kier alpha value is -2.63. The summed E-state index contributed by atoms with van der Waals surface area (Å²) in [6, 6.07) is 2.96. The maximum absolute atomic E-state index is 11.4. The zero-order chi connectivity index (χ0) is 14.2. The van der Waals surface area contributed by atoms with Gasteiger partial charge in [0, 0.05) is 0 Å². The molecule has 6 heteroatoms. The molecule has 4 N–H and O–H groups in total. The second kappa shape index (κ2) is 4.56. The Morgan fingerprint density at radius 3 is 2.47 bits per heavy atom. The second-order valence-corrected chi connectivity index (χ2v) is 4.34. The largest absolute Gasteiger partial charge is 0.397 e. The van der Waals surface area contributed by atoms with E-state index in [0.717, 1.165) is 11.1 Å². The van der Waals surface area contributed by atoms with Crippen molar-refractivity contribution in [3.05, 3.63) is 35.4 Å². The molecule has 0 atom stereocenters. The van der Waals surface area contributed by atoms with Crippen LogP contribution in [0, 0.1) is 13.8 Å². The molecule has 1 aliphatic heterocycles. The maximum atomic E-state index is 11.4. The number of nitrogen functional groups attached to an aromatic ring is 1. The number of hydrogen-bond acceptors (Lipinski definition) is 4. The second-order valence-electron chi connectivity index (χ2n) is 4.34. The van der Waals surface area contributed by atoms with Gasteiger partial charge in [0.05, 0.1) is 16.9 Å². The van der Waals surface area contributed by atoms with Crippen molar-refractivity contribution < 1.29 is 9.59 Å². The third kappa shape index (κ3) is 2.47. The number of amidine groups is 1. The number of benzene rings is 1. The van der Waals surface area contributed by atoms with Crippen molar-refractivity contribution in [2.75, 3.05) is 5.73 Å². The first-order valence-electron chi connectivity index (χ1n) is 5.65. The molecule has 0 spiro atoms. The Labute approximate surface area is 110 Å². The fraction of sp³-hybridized carbons (Fsp3) is 0.154. The van der Waals surface area contributed by atoms with E-state index in [0.29, 0.717) is 11.4 Å². The predicted molar refractivity (Wildman–Crippen MR) is 73.2 cm³/mol. The van der Waals surface area contributed by atoms with Crippen LogP contribution in [0.4, 0.5) is 16.2 Å². The van der Waals surface area contributed by atoms with E-state index < -0.39 is 11.9 Å². The molecule has 1 aromatic rings. The van der Waals surface area contributed by atoms with Gasteiger partial charge in [0.15, 0.2) is 0 Å². The average molecular weight is 258 g/mol. The van der Waals surface area contributed by atoms with Crippen molar-refractivity contribution in [1.82, 2.24) is 10.6 Å². The number of amides is 3. The highest BCUT2D eigenvalue weighted by atomic mass is 16.2. The van der Waals surface area contributed by atoms with Crippen LogP contribution in [0.1, 0.15) is 11.1 Å². The van der Waals surface area contributed by atoms with Crippen LogP contribution in [0.5, 0.6) is 0 Å². The molecule has 0 radical (unpaired) electrons. The van der Waals surface area contributed by atoms with Gasteiger partial charge >= 0.3 is 6.03 Å². The number of nitrogens with one attached hydrogen (secondary N) is 2. The minimum absolute atomic E-state index is 0.0947. The lowest BCUT2D eigenvalue weighted by Gasteiger charge is -2.17. The molecule has 0 aromatic heterocycles. The summed E-state index contributed by atoms with van der Waals surface area (Å²) in [4.78, 5) is 26.9. The minimum atomic E-state index is -0.626. The number of nitrogens with two attached hydrogens (primary N) is 1. The molecular formula is C13H14N4O2. The van der Waals surface area contributed by atoms with E-state index >= 15 is 0 Å². The third-order valence-corrected chi connectivity index (χ3v) is 2.89. The molecule has 0 saturated carbocycles. The first-order chi connectivity index (χ1) is 8.88. The number of nitrogens with zero attached hydrogens (tertiary/aromatic N) is 1. The van der Waals surface area contributed by atoms with Gasteiger partial charge < -0.3 is 5.73 Å². The summed E-state index contributed by atoms with van der Waals surface area (Å²) < 4.78 is 0. The van der Waals surface area contributed by atoms with Gasteiger partial charge in [-0.15, -0.1) is 0 Å². The van der Waals surface area contributed by atoms with Crippen molar-refractivity contribution in [3.63, 3.8) is 0 Å². The quantitative estimate of drug-likeness (QED) is 0.523. The highest BCUT2D eigenvalue weighted by Crippen LogP contribution is 2.26. The fourth-order valence-corrected chi connectivity index (χ4v) is 1.64. The van der Waals surface area contributed by atoms with Crippen molar-refractivity contribution in [1.29, 1.82) is 0 Å². The van der Waals surface area contributed by atoms with Gasteiger partial charge in [-0.25, -0.2) is 9.79 Å². The first kappa shape index (κ1) is 12.8. The number of aliphatic imine (C=N–C) groups is 1. The van der Waals surface area contributed by atoms with Crippen LogP contribution in [0.15, 0.2) is 29.3 Å². The van der Waals surface area contributed by atoms with Crippen molar-refractivity contribution >= 4 is 29.1 Å². The summed E-state index contributed by atoms with van der Waals surface area (Å²) in [5.41, 5.74) is 9.00. The van der Waals surface area contributed by atoms with Crippen molar-refractivity contribution in [2.45, 2.75) is 13.8 Å².